The third kappa shape index (κ3) is 4.99. The predicted octanol–water partition coefficient (Wildman–Crippen LogP) is 2.61. The summed E-state index contributed by atoms with van der Waals surface area (Å²) >= 11 is 0. The maximum atomic E-state index is 11.6. The first kappa shape index (κ1) is 14.2. The highest BCUT2D eigenvalue weighted by Crippen LogP contribution is 2.12. The van der Waals surface area contributed by atoms with Crippen molar-refractivity contribution in [3.05, 3.63) is 29.8 Å². The molecule has 1 aromatic carbocycles. The van der Waals surface area contributed by atoms with Crippen LogP contribution in [0, 0.1) is 0 Å². The number of esters is 1. The largest absolute Gasteiger partial charge is 0.494 e. The van der Waals surface area contributed by atoms with Crippen LogP contribution in [0.3, 0.4) is 0 Å². The van der Waals surface area contributed by atoms with Crippen molar-refractivity contribution < 1.29 is 19.1 Å². The topological polar surface area (TPSA) is 52.6 Å². The molecule has 0 aliphatic carbocycles. The van der Waals surface area contributed by atoms with E-state index < -0.39 is 0 Å². The number of ether oxygens (including phenoxy) is 2. The smallest absolute Gasteiger partial charge is 0.338 e. The van der Waals surface area contributed by atoms with E-state index in [0.29, 0.717) is 25.0 Å². The van der Waals surface area contributed by atoms with E-state index in [1.54, 1.807) is 24.3 Å². The van der Waals surface area contributed by atoms with Gasteiger partial charge in [-0.25, -0.2) is 4.79 Å². The highest BCUT2D eigenvalue weighted by molar-refractivity contribution is 5.89. The Bertz CT molecular complexity index is 395. The van der Waals surface area contributed by atoms with Gasteiger partial charge in [-0.2, -0.15) is 0 Å². The van der Waals surface area contributed by atoms with Crippen LogP contribution in [-0.4, -0.2) is 25.0 Å². The molecule has 98 valence electrons. The monoisotopic (exact) mass is 250 g/mol. The van der Waals surface area contributed by atoms with Gasteiger partial charge in [0, 0.05) is 6.42 Å². The zero-order valence-electron chi connectivity index (χ0n) is 10.8. The maximum absolute atomic E-state index is 11.6. The SMILES string of the molecule is CCOc1ccc(C(=O)OCCCC(C)=O)cc1. The summed E-state index contributed by atoms with van der Waals surface area (Å²) in [5.41, 5.74) is 0.487. The molecular formula is C14H18O4. The van der Waals surface area contributed by atoms with Gasteiger partial charge in [-0.05, 0) is 44.5 Å². The van der Waals surface area contributed by atoms with Crippen molar-refractivity contribution in [2.45, 2.75) is 26.7 Å². The highest BCUT2D eigenvalue weighted by Gasteiger charge is 2.07. The number of Topliss-reactive ketones (excluding diaryl/α,β-unsaturated/α-hetero) is 1. The number of rotatable bonds is 7. The highest BCUT2D eigenvalue weighted by atomic mass is 16.5. The summed E-state index contributed by atoms with van der Waals surface area (Å²) in [6.45, 7) is 4.28. The van der Waals surface area contributed by atoms with Gasteiger partial charge in [-0.3, -0.25) is 0 Å². The predicted molar refractivity (Wildman–Crippen MR) is 67.8 cm³/mol. The van der Waals surface area contributed by atoms with E-state index in [-0.39, 0.29) is 18.4 Å². The molecule has 0 atom stereocenters. The third-order valence-electron chi connectivity index (χ3n) is 2.31. The molecule has 0 radical (unpaired) electrons. The van der Waals surface area contributed by atoms with Crippen LogP contribution in [-0.2, 0) is 9.53 Å². The Morgan fingerprint density at radius 2 is 1.83 bits per heavy atom. The summed E-state index contributed by atoms with van der Waals surface area (Å²) < 4.78 is 10.3. The van der Waals surface area contributed by atoms with E-state index in [9.17, 15) is 9.59 Å². The first-order valence-electron chi connectivity index (χ1n) is 6.03. The van der Waals surface area contributed by atoms with Crippen LogP contribution in [0.1, 0.15) is 37.0 Å². The van der Waals surface area contributed by atoms with Crippen LogP contribution in [0.15, 0.2) is 24.3 Å². The average Bonchev–Trinajstić information content (AvgIpc) is 2.35. The van der Waals surface area contributed by atoms with Gasteiger partial charge in [0.25, 0.3) is 0 Å². The molecule has 4 heteroatoms. The second-order valence-corrected chi connectivity index (χ2v) is 3.90. The molecule has 0 aliphatic rings. The van der Waals surface area contributed by atoms with Crippen molar-refractivity contribution in [3.63, 3.8) is 0 Å². The fourth-order valence-electron chi connectivity index (χ4n) is 1.42. The minimum atomic E-state index is -0.374. The third-order valence-corrected chi connectivity index (χ3v) is 2.31. The minimum absolute atomic E-state index is 0.104. The first-order chi connectivity index (χ1) is 8.63. The Morgan fingerprint density at radius 1 is 1.17 bits per heavy atom. The van der Waals surface area contributed by atoms with Crippen molar-refractivity contribution in [2.75, 3.05) is 13.2 Å². The molecule has 0 saturated carbocycles. The molecule has 1 aromatic rings. The van der Waals surface area contributed by atoms with Gasteiger partial charge in [0.1, 0.15) is 11.5 Å². The average molecular weight is 250 g/mol. The summed E-state index contributed by atoms with van der Waals surface area (Å²) in [4.78, 5) is 22.3. The van der Waals surface area contributed by atoms with E-state index in [2.05, 4.69) is 0 Å². The quantitative estimate of drug-likeness (QED) is 0.551. The molecule has 0 saturated heterocycles. The fraction of sp³-hybridized carbons (Fsp3) is 0.429. The first-order valence-corrected chi connectivity index (χ1v) is 6.03. The lowest BCUT2D eigenvalue weighted by Crippen LogP contribution is -2.07. The van der Waals surface area contributed by atoms with Gasteiger partial charge in [-0.15, -0.1) is 0 Å². The molecule has 0 unspecified atom stereocenters. The summed E-state index contributed by atoms with van der Waals surface area (Å²) in [6.07, 6.45) is 1.01. The van der Waals surface area contributed by atoms with Crippen LogP contribution >= 0.6 is 0 Å². The van der Waals surface area contributed by atoms with Gasteiger partial charge >= 0.3 is 5.97 Å². The molecule has 0 N–H and O–H groups in total. The zero-order valence-corrected chi connectivity index (χ0v) is 10.8. The number of hydrogen-bond donors (Lipinski definition) is 0. The molecule has 0 heterocycles. The molecule has 0 aromatic heterocycles. The van der Waals surface area contributed by atoms with Gasteiger partial charge in [-0.1, -0.05) is 0 Å². The molecule has 0 spiro atoms. The Labute approximate surface area is 107 Å². The molecular weight excluding hydrogens is 232 g/mol. The number of carbonyl (C=O) groups excluding carboxylic acids is 2. The van der Waals surface area contributed by atoms with E-state index in [0.717, 1.165) is 5.75 Å². The molecule has 0 bridgehead atoms. The van der Waals surface area contributed by atoms with Crippen LogP contribution in [0.2, 0.25) is 0 Å². The Hall–Kier alpha value is -1.84. The molecule has 0 amide bonds. The second kappa shape index (κ2) is 7.48. The lowest BCUT2D eigenvalue weighted by Gasteiger charge is -2.05. The van der Waals surface area contributed by atoms with Crippen molar-refractivity contribution in [3.8, 4) is 5.75 Å². The van der Waals surface area contributed by atoms with Gasteiger partial charge in [0.2, 0.25) is 0 Å². The van der Waals surface area contributed by atoms with Crippen molar-refractivity contribution >= 4 is 11.8 Å². The maximum Gasteiger partial charge on any atom is 0.338 e. The lowest BCUT2D eigenvalue weighted by atomic mass is 10.2. The Morgan fingerprint density at radius 3 is 2.39 bits per heavy atom. The number of hydrogen-bond acceptors (Lipinski definition) is 4. The van der Waals surface area contributed by atoms with Crippen molar-refractivity contribution in [1.29, 1.82) is 0 Å². The van der Waals surface area contributed by atoms with E-state index >= 15 is 0 Å². The minimum Gasteiger partial charge on any atom is -0.494 e. The zero-order chi connectivity index (χ0) is 13.4. The molecule has 1 rings (SSSR count). The van der Waals surface area contributed by atoms with Gasteiger partial charge < -0.3 is 14.3 Å². The van der Waals surface area contributed by atoms with Crippen molar-refractivity contribution in [2.24, 2.45) is 0 Å². The fourth-order valence-corrected chi connectivity index (χ4v) is 1.42. The van der Waals surface area contributed by atoms with Gasteiger partial charge in [0.15, 0.2) is 0 Å². The van der Waals surface area contributed by atoms with Crippen molar-refractivity contribution in [1.82, 2.24) is 0 Å². The lowest BCUT2D eigenvalue weighted by molar-refractivity contribution is -0.117. The molecule has 0 aliphatic heterocycles. The number of ketones is 1. The summed E-state index contributed by atoms with van der Waals surface area (Å²) in [5, 5.41) is 0. The summed E-state index contributed by atoms with van der Waals surface area (Å²) in [5.74, 6) is 0.458. The van der Waals surface area contributed by atoms with E-state index in [4.69, 9.17) is 9.47 Å². The van der Waals surface area contributed by atoms with E-state index in [1.165, 1.54) is 6.92 Å². The van der Waals surface area contributed by atoms with E-state index in [1.807, 2.05) is 6.92 Å². The molecule has 4 nitrogen and oxygen atoms in total. The molecule has 0 fully saturated rings. The Kier molecular flexibility index (Phi) is 5.91. The standard InChI is InChI=1S/C14H18O4/c1-3-17-13-8-6-12(7-9-13)14(16)18-10-4-5-11(2)15/h6-9H,3-5,10H2,1-2H3. The van der Waals surface area contributed by atoms with Crippen LogP contribution in [0.25, 0.3) is 0 Å². The number of benzene rings is 1. The normalized spacial score (nSPS) is 9.89. The Balaban J connectivity index is 2.39. The summed E-state index contributed by atoms with van der Waals surface area (Å²) in [6, 6.07) is 6.79. The van der Waals surface area contributed by atoms with Crippen LogP contribution in [0.5, 0.6) is 5.75 Å². The summed E-state index contributed by atoms with van der Waals surface area (Å²) in [7, 11) is 0. The number of carbonyl (C=O) groups is 2. The van der Waals surface area contributed by atoms with Crippen LogP contribution in [0.4, 0.5) is 0 Å². The van der Waals surface area contributed by atoms with Crippen LogP contribution < -0.4 is 4.74 Å². The second-order valence-electron chi connectivity index (χ2n) is 3.90. The molecule has 18 heavy (non-hydrogen) atoms. The van der Waals surface area contributed by atoms with Gasteiger partial charge in [0.05, 0.1) is 18.8 Å².